The van der Waals surface area contributed by atoms with Gasteiger partial charge in [-0.3, -0.25) is 4.79 Å². The molecule has 1 aromatic rings. The van der Waals surface area contributed by atoms with E-state index in [9.17, 15) is 4.79 Å². The highest BCUT2D eigenvalue weighted by atomic mass is 16.2. The van der Waals surface area contributed by atoms with Gasteiger partial charge >= 0.3 is 0 Å². The minimum atomic E-state index is 0.0113. The molecule has 1 aromatic carbocycles. The number of likely N-dealkylation sites (N-methyl/N-ethyl adjacent to an activating group) is 1. The van der Waals surface area contributed by atoms with Gasteiger partial charge in [-0.2, -0.15) is 0 Å². The van der Waals surface area contributed by atoms with Crippen molar-refractivity contribution in [2.75, 3.05) is 32.7 Å². The van der Waals surface area contributed by atoms with Gasteiger partial charge in [0.05, 0.1) is 0 Å². The van der Waals surface area contributed by atoms with Crippen molar-refractivity contribution in [1.29, 1.82) is 0 Å². The van der Waals surface area contributed by atoms with Gasteiger partial charge in [0.1, 0.15) is 0 Å². The van der Waals surface area contributed by atoms with Crippen molar-refractivity contribution in [3.63, 3.8) is 0 Å². The predicted octanol–water partition coefficient (Wildman–Crippen LogP) is 1.48. The molecule has 4 heteroatoms. The Labute approximate surface area is 115 Å². The highest BCUT2D eigenvalue weighted by molar-refractivity contribution is 5.94. The zero-order valence-electron chi connectivity index (χ0n) is 11.8. The van der Waals surface area contributed by atoms with Crippen LogP contribution in [0.1, 0.15) is 35.8 Å². The SMILES string of the molecule is CCN1CCN(C(=O)c2ccc(C(C)N)cc2)CC1. The van der Waals surface area contributed by atoms with Crippen molar-refractivity contribution in [3.8, 4) is 0 Å². The average Bonchev–Trinajstić information content (AvgIpc) is 2.46. The minimum absolute atomic E-state index is 0.0113. The summed E-state index contributed by atoms with van der Waals surface area (Å²) in [5.41, 5.74) is 7.63. The topological polar surface area (TPSA) is 49.6 Å². The summed E-state index contributed by atoms with van der Waals surface area (Å²) >= 11 is 0. The van der Waals surface area contributed by atoms with Gasteiger partial charge in [0.2, 0.25) is 0 Å². The predicted molar refractivity (Wildman–Crippen MR) is 77.1 cm³/mol. The third kappa shape index (κ3) is 3.33. The van der Waals surface area contributed by atoms with Gasteiger partial charge < -0.3 is 15.5 Å². The first-order chi connectivity index (χ1) is 9.11. The van der Waals surface area contributed by atoms with Gasteiger partial charge in [-0.05, 0) is 31.2 Å². The number of benzene rings is 1. The van der Waals surface area contributed by atoms with Crippen molar-refractivity contribution in [3.05, 3.63) is 35.4 Å². The quantitative estimate of drug-likeness (QED) is 0.896. The van der Waals surface area contributed by atoms with Crippen molar-refractivity contribution >= 4 is 5.91 Å². The molecule has 4 nitrogen and oxygen atoms in total. The summed E-state index contributed by atoms with van der Waals surface area (Å²) in [6, 6.07) is 7.66. The van der Waals surface area contributed by atoms with E-state index in [1.165, 1.54) is 0 Å². The second-order valence-electron chi connectivity index (χ2n) is 5.14. The van der Waals surface area contributed by atoms with Gasteiger partial charge in [-0.15, -0.1) is 0 Å². The standard InChI is InChI=1S/C15H23N3O/c1-3-17-8-10-18(11-9-17)15(19)14-6-4-13(5-7-14)12(2)16/h4-7,12H,3,8-11,16H2,1-2H3. The van der Waals surface area contributed by atoms with Crippen molar-refractivity contribution in [2.24, 2.45) is 5.73 Å². The Morgan fingerprint density at radius 2 is 1.79 bits per heavy atom. The third-order valence-electron chi connectivity index (χ3n) is 3.79. The Morgan fingerprint density at radius 3 is 2.26 bits per heavy atom. The highest BCUT2D eigenvalue weighted by Crippen LogP contribution is 2.13. The molecule has 0 spiro atoms. The number of rotatable bonds is 3. The first-order valence-electron chi connectivity index (χ1n) is 6.99. The molecular weight excluding hydrogens is 238 g/mol. The molecule has 1 heterocycles. The summed E-state index contributed by atoms with van der Waals surface area (Å²) in [6.07, 6.45) is 0. The average molecular weight is 261 g/mol. The van der Waals surface area contributed by atoms with Crippen LogP contribution in [0.2, 0.25) is 0 Å². The van der Waals surface area contributed by atoms with Crippen LogP contribution in [-0.2, 0) is 0 Å². The maximum Gasteiger partial charge on any atom is 0.253 e. The number of hydrogen-bond donors (Lipinski definition) is 1. The van der Waals surface area contributed by atoms with E-state index in [0.717, 1.165) is 43.9 Å². The molecule has 0 aromatic heterocycles. The largest absolute Gasteiger partial charge is 0.336 e. The maximum atomic E-state index is 12.4. The number of amides is 1. The van der Waals surface area contributed by atoms with Crippen LogP contribution in [0.5, 0.6) is 0 Å². The van der Waals surface area contributed by atoms with Crippen molar-refractivity contribution in [1.82, 2.24) is 9.80 Å². The van der Waals surface area contributed by atoms with Crippen LogP contribution in [0.25, 0.3) is 0 Å². The van der Waals surface area contributed by atoms with E-state index in [2.05, 4.69) is 11.8 Å². The molecular formula is C15H23N3O. The maximum absolute atomic E-state index is 12.4. The van der Waals surface area contributed by atoms with E-state index in [1.807, 2.05) is 36.1 Å². The molecule has 1 saturated heterocycles. The number of piperazine rings is 1. The minimum Gasteiger partial charge on any atom is -0.336 e. The molecule has 1 aliphatic rings. The number of carbonyl (C=O) groups is 1. The summed E-state index contributed by atoms with van der Waals surface area (Å²) in [4.78, 5) is 16.7. The lowest BCUT2D eigenvalue weighted by Gasteiger charge is -2.34. The lowest BCUT2D eigenvalue weighted by atomic mass is 10.1. The Morgan fingerprint density at radius 1 is 1.21 bits per heavy atom. The number of nitrogens with two attached hydrogens (primary N) is 1. The molecule has 19 heavy (non-hydrogen) atoms. The Balaban J connectivity index is 2.00. The fourth-order valence-electron chi connectivity index (χ4n) is 2.38. The number of carbonyl (C=O) groups excluding carboxylic acids is 1. The van der Waals surface area contributed by atoms with Crippen LogP contribution in [0.3, 0.4) is 0 Å². The lowest BCUT2D eigenvalue weighted by Crippen LogP contribution is -2.48. The molecule has 1 fully saturated rings. The zero-order chi connectivity index (χ0) is 13.8. The third-order valence-corrected chi connectivity index (χ3v) is 3.79. The summed E-state index contributed by atoms with van der Waals surface area (Å²) in [5, 5.41) is 0. The molecule has 0 radical (unpaired) electrons. The molecule has 0 bridgehead atoms. The lowest BCUT2D eigenvalue weighted by molar-refractivity contribution is 0.0643. The van der Waals surface area contributed by atoms with E-state index in [4.69, 9.17) is 5.73 Å². The van der Waals surface area contributed by atoms with Gasteiger partial charge in [-0.1, -0.05) is 19.1 Å². The molecule has 1 unspecified atom stereocenters. The molecule has 1 atom stereocenters. The Kier molecular flexibility index (Phi) is 4.56. The van der Waals surface area contributed by atoms with E-state index in [-0.39, 0.29) is 11.9 Å². The summed E-state index contributed by atoms with van der Waals surface area (Å²) in [5.74, 6) is 0.131. The molecule has 104 valence electrons. The van der Waals surface area contributed by atoms with Gasteiger partial charge in [0.15, 0.2) is 0 Å². The van der Waals surface area contributed by atoms with Gasteiger partial charge in [0.25, 0.3) is 5.91 Å². The van der Waals surface area contributed by atoms with E-state index >= 15 is 0 Å². The first-order valence-corrected chi connectivity index (χ1v) is 6.99. The van der Waals surface area contributed by atoms with Crippen LogP contribution in [-0.4, -0.2) is 48.4 Å². The second-order valence-corrected chi connectivity index (χ2v) is 5.14. The van der Waals surface area contributed by atoms with Crippen molar-refractivity contribution in [2.45, 2.75) is 19.9 Å². The monoisotopic (exact) mass is 261 g/mol. The summed E-state index contributed by atoms with van der Waals surface area (Å²) < 4.78 is 0. The highest BCUT2D eigenvalue weighted by Gasteiger charge is 2.21. The van der Waals surface area contributed by atoms with Gasteiger partial charge in [0, 0.05) is 37.8 Å². The molecule has 2 N–H and O–H groups in total. The fourth-order valence-corrected chi connectivity index (χ4v) is 2.38. The van der Waals surface area contributed by atoms with E-state index in [0.29, 0.717) is 0 Å². The molecule has 0 aliphatic carbocycles. The fraction of sp³-hybridized carbons (Fsp3) is 0.533. The zero-order valence-corrected chi connectivity index (χ0v) is 11.8. The normalized spacial score (nSPS) is 18.4. The molecule has 1 amide bonds. The van der Waals surface area contributed by atoms with Gasteiger partial charge in [-0.25, -0.2) is 0 Å². The van der Waals surface area contributed by atoms with Crippen LogP contribution < -0.4 is 5.73 Å². The summed E-state index contributed by atoms with van der Waals surface area (Å²) in [6.45, 7) is 8.75. The van der Waals surface area contributed by atoms with Crippen LogP contribution in [0.4, 0.5) is 0 Å². The Hall–Kier alpha value is -1.39. The Bertz CT molecular complexity index is 420. The number of nitrogens with zero attached hydrogens (tertiary/aromatic N) is 2. The first kappa shape index (κ1) is 14.0. The van der Waals surface area contributed by atoms with Crippen LogP contribution in [0.15, 0.2) is 24.3 Å². The molecule has 1 aliphatic heterocycles. The summed E-state index contributed by atoms with van der Waals surface area (Å²) in [7, 11) is 0. The smallest absolute Gasteiger partial charge is 0.253 e. The molecule has 0 saturated carbocycles. The van der Waals surface area contributed by atoms with Crippen LogP contribution in [0, 0.1) is 0 Å². The molecule has 2 rings (SSSR count). The van der Waals surface area contributed by atoms with Crippen molar-refractivity contribution < 1.29 is 4.79 Å². The van der Waals surface area contributed by atoms with E-state index < -0.39 is 0 Å². The van der Waals surface area contributed by atoms with Crippen LogP contribution >= 0.6 is 0 Å². The van der Waals surface area contributed by atoms with E-state index in [1.54, 1.807) is 0 Å². The number of hydrogen-bond acceptors (Lipinski definition) is 3. The second kappa shape index (κ2) is 6.17.